The third-order valence-electron chi connectivity index (χ3n) is 2.47. The average Bonchev–Trinajstić information content (AvgIpc) is 2.37. The number of nitrogens with one attached hydrogen (secondary N) is 1. The lowest BCUT2D eigenvalue weighted by atomic mass is 10.1. The summed E-state index contributed by atoms with van der Waals surface area (Å²) in [5.41, 5.74) is 0.539. The van der Waals surface area contributed by atoms with E-state index in [1.165, 1.54) is 26.4 Å². The number of carbonyl (C=O) groups is 1. The van der Waals surface area contributed by atoms with E-state index in [1.54, 1.807) is 6.07 Å². The monoisotopic (exact) mass is 271 g/mol. The number of carbonyl (C=O) groups excluding carboxylic acids is 1. The zero-order valence-corrected chi connectivity index (χ0v) is 11.0. The SMILES string of the molecule is COCC(O)CNC(=O)Cc1ccc(OC)c(F)c1. The van der Waals surface area contributed by atoms with Crippen molar-refractivity contribution in [3.8, 4) is 5.75 Å². The summed E-state index contributed by atoms with van der Waals surface area (Å²) >= 11 is 0. The van der Waals surface area contributed by atoms with Crippen LogP contribution in [0.1, 0.15) is 5.56 Å². The molecule has 0 heterocycles. The molecular weight excluding hydrogens is 253 g/mol. The van der Waals surface area contributed by atoms with Gasteiger partial charge in [-0.05, 0) is 17.7 Å². The van der Waals surface area contributed by atoms with Crippen LogP contribution < -0.4 is 10.1 Å². The van der Waals surface area contributed by atoms with Gasteiger partial charge >= 0.3 is 0 Å². The quantitative estimate of drug-likeness (QED) is 0.758. The second kappa shape index (κ2) is 7.70. The Hall–Kier alpha value is -1.66. The van der Waals surface area contributed by atoms with Crippen molar-refractivity contribution in [1.82, 2.24) is 5.32 Å². The Morgan fingerprint density at radius 3 is 2.79 bits per heavy atom. The van der Waals surface area contributed by atoms with Crippen molar-refractivity contribution in [2.75, 3.05) is 27.4 Å². The normalized spacial score (nSPS) is 12.0. The van der Waals surface area contributed by atoms with Gasteiger partial charge in [-0.2, -0.15) is 0 Å². The van der Waals surface area contributed by atoms with Crippen molar-refractivity contribution in [3.05, 3.63) is 29.6 Å². The molecule has 0 fully saturated rings. The molecule has 0 aliphatic rings. The summed E-state index contributed by atoms with van der Waals surface area (Å²) in [7, 11) is 2.84. The number of amides is 1. The Morgan fingerprint density at radius 1 is 1.47 bits per heavy atom. The molecule has 1 amide bonds. The van der Waals surface area contributed by atoms with E-state index in [0.717, 1.165) is 0 Å². The maximum absolute atomic E-state index is 13.4. The molecule has 0 spiro atoms. The van der Waals surface area contributed by atoms with Crippen LogP contribution in [0.5, 0.6) is 5.75 Å². The third-order valence-corrected chi connectivity index (χ3v) is 2.47. The summed E-state index contributed by atoms with van der Waals surface area (Å²) in [4.78, 5) is 11.6. The predicted molar refractivity (Wildman–Crippen MR) is 67.5 cm³/mol. The van der Waals surface area contributed by atoms with Crippen molar-refractivity contribution < 1.29 is 23.8 Å². The van der Waals surface area contributed by atoms with Crippen molar-refractivity contribution in [1.29, 1.82) is 0 Å². The molecule has 1 rings (SSSR count). The Bertz CT molecular complexity index is 425. The number of aliphatic hydroxyl groups is 1. The van der Waals surface area contributed by atoms with E-state index in [9.17, 15) is 14.3 Å². The second-order valence-electron chi connectivity index (χ2n) is 4.06. The van der Waals surface area contributed by atoms with E-state index < -0.39 is 11.9 Å². The molecule has 19 heavy (non-hydrogen) atoms. The van der Waals surface area contributed by atoms with Crippen molar-refractivity contribution in [3.63, 3.8) is 0 Å². The number of halogens is 1. The largest absolute Gasteiger partial charge is 0.494 e. The fourth-order valence-corrected chi connectivity index (χ4v) is 1.55. The predicted octanol–water partition coefficient (Wildman–Crippen LogP) is 0.500. The zero-order chi connectivity index (χ0) is 14.3. The van der Waals surface area contributed by atoms with Crippen LogP contribution >= 0.6 is 0 Å². The van der Waals surface area contributed by atoms with Crippen LogP contribution in [-0.2, 0) is 16.0 Å². The van der Waals surface area contributed by atoms with Crippen molar-refractivity contribution >= 4 is 5.91 Å². The molecule has 2 N–H and O–H groups in total. The lowest BCUT2D eigenvalue weighted by molar-refractivity contribution is -0.121. The number of benzene rings is 1. The van der Waals surface area contributed by atoms with Crippen LogP contribution in [0.25, 0.3) is 0 Å². The Kier molecular flexibility index (Phi) is 6.24. The average molecular weight is 271 g/mol. The van der Waals surface area contributed by atoms with Crippen LogP contribution in [0, 0.1) is 5.82 Å². The summed E-state index contributed by atoms with van der Waals surface area (Å²) in [5.74, 6) is -0.661. The number of rotatable bonds is 7. The minimum absolute atomic E-state index is 0.0423. The van der Waals surface area contributed by atoms with Gasteiger partial charge < -0.3 is 19.9 Å². The van der Waals surface area contributed by atoms with Gasteiger partial charge in [-0.25, -0.2) is 4.39 Å². The van der Waals surface area contributed by atoms with Crippen LogP contribution in [0.15, 0.2) is 18.2 Å². The van der Waals surface area contributed by atoms with E-state index in [-0.39, 0.29) is 31.2 Å². The van der Waals surface area contributed by atoms with Crippen LogP contribution in [0.4, 0.5) is 4.39 Å². The van der Waals surface area contributed by atoms with Gasteiger partial charge in [0.05, 0.1) is 26.2 Å². The maximum atomic E-state index is 13.4. The fourth-order valence-electron chi connectivity index (χ4n) is 1.55. The van der Waals surface area contributed by atoms with Crippen LogP contribution in [0.2, 0.25) is 0 Å². The molecular formula is C13H18FNO4. The first kappa shape index (κ1) is 15.4. The number of hydrogen-bond acceptors (Lipinski definition) is 4. The molecule has 5 nitrogen and oxygen atoms in total. The molecule has 0 saturated carbocycles. The topological polar surface area (TPSA) is 67.8 Å². The van der Waals surface area contributed by atoms with Crippen molar-refractivity contribution in [2.45, 2.75) is 12.5 Å². The molecule has 0 saturated heterocycles. The highest BCUT2D eigenvalue weighted by atomic mass is 19.1. The molecule has 1 atom stereocenters. The minimum atomic E-state index is -0.749. The van der Waals surface area contributed by atoms with E-state index in [2.05, 4.69) is 5.32 Å². The van der Waals surface area contributed by atoms with Gasteiger partial charge in [0.2, 0.25) is 5.91 Å². The van der Waals surface area contributed by atoms with E-state index in [0.29, 0.717) is 5.56 Å². The summed E-state index contributed by atoms with van der Waals surface area (Å²) < 4.78 is 22.9. The first-order valence-electron chi connectivity index (χ1n) is 5.83. The highest BCUT2D eigenvalue weighted by Crippen LogP contribution is 2.17. The first-order chi connectivity index (χ1) is 9.06. The highest BCUT2D eigenvalue weighted by Gasteiger charge is 2.09. The molecule has 0 radical (unpaired) electrons. The molecule has 0 aliphatic heterocycles. The summed E-state index contributed by atoms with van der Waals surface area (Å²) in [6, 6.07) is 4.34. The summed E-state index contributed by atoms with van der Waals surface area (Å²) in [5, 5.41) is 11.9. The molecule has 0 aliphatic carbocycles. The highest BCUT2D eigenvalue weighted by molar-refractivity contribution is 5.78. The third kappa shape index (κ3) is 5.23. The van der Waals surface area contributed by atoms with E-state index in [1.807, 2.05) is 0 Å². The lowest BCUT2D eigenvalue weighted by Crippen LogP contribution is -2.35. The maximum Gasteiger partial charge on any atom is 0.224 e. The van der Waals surface area contributed by atoms with Gasteiger partial charge in [-0.3, -0.25) is 4.79 Å². The Morgan fingerprint density at radius 2 is 2.21 bits per heavy atom. The fraction of sp³-hybridized carbons (Fsp3) is 0.462. The van der Waals surface area contributed by atoms with Gasteiger partial charge in [0.1, 0.15) is 0 Å². The molecule has 1 aromatic rings. The second-order valence-corrected chi connectivity index (χ2v) is 4.06. The molecule has 0 bridgehead atoms. The van der Waals surface area contributed by atoms with Gasteiger partial charge in [0.25, 0.3) is 0 Å². The van der Waals surface area contributed by atoms with Crippen LogP contribution in [-0.4, -0.2) is 44.5 Å². The first-order valence-corrected chi connectivity index (χ1v) is 5.83. The summed E-state index contributed by atoms with van der Waals surface area (Å²) in [6.07, 6.45) is -0.706. The smallest absolute Gasteiger partial charge is 0.224 e. The molecule has 6 heteroatoms. The molecule has 106 valence electrons. The van der Waals surface area contributed by atoms with Gasteiger partial charge in [0, 0.05) is 13.7 Å². The number of hydrogen-bond donors (Lipinski definition) is 2. The van der Waals surface area contributed by atoms with E-state index >= 15 is 0 Å². The number of methoxy groups -OCH3 is 2. The Balaban J connectivity index is 2.46. The van der Waals surface area contributed by atoms with Crippen molar-refractivity contribution in [2.24, 2.45) is 0 Å². The molecule has 1 aromatic carbocycles. The van der Waals surface area contributed by atoms with Gasteiger partial charge in [0.15, 0.2) is 11.6 Å². The number of aliphatic hydroxyl groups excluding tert-OH is 1. The standard InChI is InChI=1S/C13H18FNO4/c1-18-8-10(16)7-15-13(17)6-9-3-4-12(19-2)11(14)5-9/h3-5,10,16H,6-8H2,1-2H3,(H,15,17). The molecule has 0 aromatic heterocycles. The minimum Gasteiger partial charge on any atom is -0.494 e. The van der Waals surface area contributed by atoms with Gasteiger partial charge in [-0.15, -0.1) is 0 Å². The van der Waals surface area contributed by atoms with E-state index in [4.69, 9.17) is 9.47 Å². The lowest BCUT2D eigenvalue weighted by Gasteiger charge is -2.11. The number of ether oxygens (including phenoxy) is 2. The van der Waals surface area contributed by atoms with Crippen LogP contribution in [0.3, 0.4) is 0 Å². The Labute approximate surface area is 111 Å². The summed E-state index contributed by atoms with van der Waals surface area (Å²) in [6.45, 7) is 0.253. The molecule has 1 unspecified atom stereocenters. The van der Waals surface area contributed by atoms with Gasteiger partial charge in [-0.1, -0.05) is 6.07 Å². The zero-order valence-electron chi connectivity index (χ0n) is 11.0.